The fraction of sp³-hybridized carbons (Fsp3) is 0.400. The second-order valence-electron chi connectivity index (χ2n) is 4.29. The van der Waals surface area contributed by atoms with E-state index in [0.717, 1.165) is 35.7 Å². The molecule has 1 aromatic rings. The summed E-state index contributed by atoms with van der Waals surface area (Å²) < 4.78 is 0.911. The highest BCUT2D eigenvalue weighted by atomic mass is 79.9. The Morgan fingerprint density at radius 1 is 1.35 bits per heavy atom. The molecule has 0 aromatic heterocycles. The Bertz CT molecular complexity index is 396. The maximum atomic E-state index is 12.0. The summed E-state index contributed by atoms with van der Waals surface area (Å²) in [6, 6.07) is 5.88. The lowest BCUT2D eigenvalue weighted by atomic mass is 10.0. The number of halogens is 1. The number of unbranched alkanes of at least 4 members (excludes halogenated alkanes) is 3. The van der Waals surface area contributed by atoms with Gasteiger partial charge < -0.3 is 0 Å². The monoisotopic (exact) mass is 294 g/mol. The highest BCUT2D eigenvalue weighted by Crippen LogP contribution is 2.20. The number of hydrogen-bond acceptors (Lipinski definition) is 1. The Morgan fingerprint density at radius 3 is 2.76 bits per heavy atom. The minimum atomic E-state index is 0.232. The molecule has 0 bridgehead atoms. The van der Waals surface area contributed by atoms with Crippen LogP contribution in [0.4, 0.5) is 0 Å². The van der Waals surface area contributed by atoms with Crippen LogP contribution in [0.1, 0.15) is 48.0 Å². The van der Waals surface area contributed by atoms with Crippen LogP contribution in [-0.2, 0) is 0 Å². The van der Waals surface area contributed by atoms with E-state index in [9.17, 15) is 4.79 Å². The quantitative estimate of drug-likeness (QED) is 0.389. The smallest absolute Gasteiger partial charge is 0.164 e. The zero-order valence-electron chi connectivity index (χ0n) is 10.3. The summed E-state index contributed by atoms with van der Waals surface area (Å²) in [5.74, 6) is 0.232. The molecule has 0 unspecified atom stereocenters. The lowest BCUT2D eigenvalue weighted by Gasteiger charge is -2.04. The van der Waals surface area contributed by atoms with Crippen LogP contribution in [-0.4, -0.2) is 5.78 Å². The van der Waals surface area contributed by atoms with Crippen LogP contribution in [0.15, 0.2) is 35.3 Å². The summed E-state index contributed by atoms with van der Waals surface area (Å²) in [4.78, 5) is 12.0. The zero-order chi connectivity index (χ0) is 12.7. The SMILES string of the molecule is C=CCCCCCC(=O)c1ccc(C)cc1Br. The van der Waals surface area contributed by atoms with Crippen LogP contribution in [0.5, 0.6) is 0 Å². The van der Waals surface area contributed by atoms with E-state index in [1.54, 1.807) is 0 Å². The number of carbonyl (C=O) groups is 1. The molecular weight excluding hydrogens is 276 g/mol. The number of benzene rings is 1. The number of rotatable bonds is 7. The predicted octanol–water partition coefficient (Wildman–Crippen LogP) is 5.08. The van der Waals surface area contributed by atoms with Crippen LogP contribution in [0, 0.1) is 6.92 Å². The van der Waals surface area contributed by atoms with E-state index in [1.165, 1.54) is 5.56 Å². The standard InChI is InChI=1S/C15H19BrO/c1-3-4-5-6-7-8-15(17)13-10-9-12(2)11-14(13)16/h3,9-11H,1,4-8H2,2H3. The molecule has 17 heavy (non-hydrogen) atoms. The molecule has 0 radical (unpaired) electrons. The fourth-order valence-corrected chi connectivity index (χ4v) is 2.45. The molecule has 0 amide bonds. The highest BCUT2D eigenvalue weighted by molar-refractivity contribution is 9.10. The minimum absolute atomic E-state index is 0.232. The Kier molecular flexibility index (Phi) is 6.20. The molecule has 1 aromatic carbocycles. The molecule has 2 heteroatoms. The van der Waals surface area contributed by atoms with Crippen molar-refractivity contribution in [3.05, 3.63) is 46.5 Å². The first-order valence-electron chi connectivity index (χ1n) is 6.05. The van der Waals surface area contributed by atoms with Gasteiger partial charge in [-0.3, -0.25) is 4.79 Å². The number of ketones is 1. The van der Waals surface area contributed by atoms with Gasteiger partial charge in [0.05, 0.1) is 0 Å². The Labute approximate surface area is 112 Å². The van der Waals surface area contributed by atoms with E-state index in [0.29, 0.717) is 6.42 Å². The van der Waals surface area contributed by atoms with Crippen LogP contribution >= 0.6 is 15.9 Å². The maximum absolute atomic E-state index is 12.0. The highest BCUT2D eigenvalue weighted by Gasteiger charge is 2.09. The van der Waals surface area contributed by atoms with Crippen LogP contribution in [0.25, 0.3) is 0 Å². The fourth-order valence-electron chi connectivity index (χ4n) is 1.73. The van der Waals surface area contributed by atoms with Crippen LogP contribution < -0.4 is 0 Å². The third kappa shape index (κ3) is 4.86. The van der Waals surface area contributed by atoms with Crippen molar-refractivity contribution >= 4 is 21.7 Å². The van der Waals surface area contributed by atoms with Crippen molar-refractivity contribution in [3.63, 3.8) is 0 Å². The van der Waals surface area contributed by atoms with Crippen molar-refractivity contribution in [2.24, 2.45) is 0 Å². The second kappa shape index (κ2) is 7.44. The van der Waals surface area contributed by atoms with Gasteiger partial charge in [-0.25, -0.2) is 0 Å². The number of allylic oxidation sites excluding steroid dienone is 1. The van der Waals surface area contributed by atoms with E-state index in [2.05, 4.69) is 22.5 Å². The molecular formula is C15H19BrO. The van der Waals surface area contributed by atoms with E-state index in [4.69, 9.17) is 0 Å². The predicted molar refractivity (Wildman–Crippen MR) is 76.5 cm³/mol. The number of carbonyl (C=O) groups excluding carboxylic acids is 1. The lowest BCUT2D eigenvalue weighted by Crippen LogP contribution is -2.00. The minimum Gasteiger partial charge on any atom is -0.294 e. The molecule has 0 aliphatic carbocycles. The first kappa shape index (κ1) is 14.2. The number of aryl methyl sites for hydroxylation is 1. The van der Waals surface area contributed by atoms with Crippen molar-refractivity contribution in [1.29, 1.82) is 0 Å². The summed E-state index contributed by atoms with van der Waals surface area (Å²) in [7, 11) is 0. The van der Waals surface area contributed by atoms with Crippen molar-refractivity contribution in [3.8, 4) is 0 Å². The van der Waals surface area contributed by atoms with Gasteiger partial charge in [-0.2, -0.15) is 0 Å². The van der Waals surface area contributed by atoms with Crippen molar-refractivity contribution in [1.82, 2.24) is 0 Å². The molecule has 1 rings (SSSR count). The molecule has 92 valence electrons. The largest absolute Gasteiger partial charge is 0.294 e. The summed E-state index contributed by atoms with van der Waals surface area (Å²) >= 11 is 3.45. The first-order valence-corrected chi connectivity index (χ1v) is 6.84. The number of hydrogen-bond donors (Lipinski definition) is 0. The normalized spacial score (nSPS) is 10.2. The third-order valence-electron chi connectivity index (χ3n) is 2.74. The third-order valence-corrected chi connectivity index (χ3v) is 3.39. The van der Waals surface area contributed by atoms with Gasteiger partial charge in [0.2, 0.25) is 0 Å². The molecule has 0 aliphatic heterocycles. The van der Waals surface area contributed by atoms with Gasteiger partial charge in [-0.05, 0) is 37.8 Å². The summed E-state index contributed by atoms with van der Waals surface area (Å²) in [5.41, 5.74) is 1.97. The van der Waals surface area contributed by atoms with E-state index in [-0.39, 0.29) is 5.78 Å². The van der Waals surface area contributed by atoms with Crippen molar-refractivity contribution in [2.45, 2.75) is 39.0 Å². The van der Waals surface area contributed by atoms with Gasteiger partial charge >= 0.3 is 0 Å². The zero-order valence-corrected chi connectivity index (χ0v) is 11.9. The molecule has 0 atom stereocenters. The number of Topliss-reactive ketones (excluding diaryl/α,β-unsaturated/α-hetero) is 1. The van der Waals surface area contributed by atoms with Gasteiger partial charge in [-0.1, -0.05) is 40.6 Å². The first-order chi connectivity index (χ1) is 8.15. The van der Waals surface area contributed by atoms with Crippen molar-refractivity contribution < 1.29 is 4.79 Å². The van der Waals surface area contributed by atoms with Crippen LogP contribution in [0.2, 0.25) is 0 Å². The Balaban J connectivity index is 2.44. The van der Waals surface area contributed by atoms with E-state index in [1.807, 2.05) is 31.2 Å². The summed E-state index contributed by atoms with van der Waals surface area (Å²) in [5, 5.41) is 0. The molecule has 0 fully saturated rings. The molecule has 1 nitrogen and oxygen atoms in total. The van der Waals surface area contributed by atoms with Gasteiger partial charge in [0.15, 0.2) is 5.78 Å². The molecule has 0 saturated heterocycles. The molecule has 0 heterocycles. The Hall–Kier alpha value is -0.890. The molecule has 0 aliphatic rings. The van der Waals surface area contributed by atoms with Gasteiger partial charge in [0, 0.05) is 16.5 Å². The van der Waals surface area contributed by atoms with E-state index < -0.39 is 0 Å². The molecule has 0 spiro atoms. The summed E-state index contributed by atoms with van der Waals surface area (Å²) in [6.45, 7) is 5.71. The average molecular weight is 295 g/mol. The van der Waals surface area contributed by atoms with Gasteiger partial charge in [-0.15, -0.1) is 6.58 Å². The summed E-state index contributed by atoms with van der Waals surface area (Å²) in [6.07, 6.45) is 6.81. The van der Waals surface area contributed by atoms with Gasteiger partial charge in [0.1, 0.15) is 0 Å². The molecule has 0 N–H and O–H groups in total. The average Bonchev–Trinajstić information content (AvgIpc) is 2.28. The van der Waals surface area contributed by atoms with Gasteiger partial charge in [0.25, 0.3) is 0 Å². The Morgan fingerprint density at radius 2 is 2.12 bits per heavy atom. The molecule has 0 saturated carbocycles. The lowest BCUT2D eigenvalue weighted by molar-refractivity contribution is 0.0978. The van der Waals surface area contributed by atoms with Crippen molar-refractivity contribution in [2.75, 3.05) is 0 Å². The topological polar surface area (TPSA) is 17.1 Å². The van der Waals surface area contributed by atoms with Crippen LogP contribution in [0.3, 0.4) is 0 Å². The maximum Gasteiger partial charge on any atom is 0.164 e. The van der Waals surface area contributed by atoms with E-state index >= 15 is 0 Å². The second-order valence-corrected chi connectivity index (χ2v) is 5.15.